The highest BCUT2D eigenvalue weighted by atomic mass is 19.1. The molecule has 0 radical (unpaired) electrons. The van der Waals surface area contributed by atoms with Crippen LogP contribution in [0.2, 0.25) is 0 Å². The van der Waals surface area contributed by atoms with Gasteiger partial charge in [-0.05, 0) is 50.1 Å². The Morgan fingerprint density at radius 2 is 2.10 bits per heavy atom. The third kappa shape index (κ3) is 3.07. The Morgan fingerprint density at radius 1 is 1.35 bits per heavy atom. The molecule has 1 aromatic carbocycles. The quantitative estimate of drug-likeness (QED) is 0.909. The second kappa shape index (κ2) is 6.18. The lowest BCUT2D eigenvalue weighted by Gasteiger charge is -2.19. The van der Waals surface area contributed by atoms with Gasteiger partial charge < -0.3 is 5.32 Å². The number of aromatic nitrogens is 2. The molecule has 0 saturated heterocycles. The normalized spacial score (nSPS) is 12.7. The molecule has 1 N–H and O–H groups in total. The van der Waals surface area contributed by atoms with E-state index < -0.39 is 0 Å². The summed E-state index contributed by atoms with van der Waals surface area (Å²) in [7, 11) is 1.95. The molecule has 108 valence electrons. The van der Waals surface area contributed by atoms with E-state index in [1.54, 1.807) is 12.1 Å². The first kappa shape index (κ1) is 14.7. The zero-order valence-corrected chi connectivity index (χ0v) is 12.6. The van der Waals surface area contributed by atoms with E-state index >= 15 is 0 Å². The largest absolute Gasteiger partial charge is 0.310 e. The molecule has 2 rings (SSSR count). The van der Waals surface area contributed by atoms with Crippen LogP contribution in [-0.2, 0) is 13.5 Å². The van der Waals surface area contributed by atoms with Crippen molar-refractivity contribution < 1.29 is 4.39 Å². The Balaban J connectivity index is 2.30. The maximum absolute atomic E-state index is 13.4. The van der Waals surface area contributed by atoms with Crippen LogP contribution in [0.5, 0.6) is 0 Å². The Hall–Kier alpha value is -1.68. The maximum Gasteiger partial charge on any atom is 0.123 e. The van der Waals surface area contributed by atoms with Gasteiger partial charge in [0.05, 0.1) is 5.69 Å². The lowest BCUT2D eigenvalue weighted by molar-refractivity contribution is 0.540. The van der Waals surface area contributed by atoms with Crippen LogP contribution < -0.4 is 5.32 Å². The Labute approximate surface area is 119 Å². The minimum absolute atomic E-state index is 0.109. The third-order valence-corrected chi connectivity index (χ3v) is 3.77. The molecule has 0 bridgehead atoms. The van der Waals surface area contributed by atoms with Crippen LogP contribution in [-0.4, -0.2) is 16.3 Å². The molecular weight excluding hydrogens is 253 g/mol. The molecule has 2 aromatic rings. The zero-order chi connectivity index (χ0) is 14.7. The topological polar surface area (TPSA) is 29.9 Å². The molecule has 1 heterocycles. The van der Waals surface area contributed by atoms with Gasteiger partial charge in [-0.15, -0.1) is 0 Å². The van der Waals surface area contributed by atoms with Crippen LogP contribution in [0.4, 0.5) is 4.39 Å². The summed E-state index contributed by atoms with van der Waals surface area (Å²) in [6, 6.07) is 6.92. The van der Waals surface area contributed by atoms with Gasteiger partial charge in [0, 0.05) is 18.8 Å². The fourth-order valence-corrected chi connectivity index (χ4v) is 2.59. The van der Waals surface area contributed by atoms with Gasteiger partial charge in [0.2, 0.25) is 0 Å². The summed E-state index contributed by atoms with van der Waals surface area (Å²) in [6.07, 6.45) is 0.822. The van der Waals surface area contributed by atoms with Gasteiger partial charge in [-0.25, -0.2) is 4.39 Å². The Morgan fingerprint density at radius 3 is 2.65 bits per heavy atom. The van der Waals surface area contributed by atoms with Crippen LogP contribution >= 0.6 is 0 Å². The first-order valence-corrected chi connectivity index (χ1v) is 7.00. The molecule has 1 atom stereocenters. The predicted octanol–water partition coefficient (Wildman–Crippen LogP) is 3.07. The lowest BCUT2D eigenvalue weighted by Crippen LogP contribution is -2.23. The number of aryl methyl sites for hydroxylation is 2. The summed E-state index contributed by atoms with van der Waals surface area (Å²) in [4.78, 5) is 0. The molecule has 20 heavy (non-hydrogen) atoms. The highest BCUT2D eigenvalue weighted by molar-refractivity contribution is 5.29. The first-order chi connectivity index (χ1) is 9.52. The van der Waals surface area contributed by atoms with Gasteiger partial charge in [-0.2, -0.15) is 5.10 Å². The first-order valence-electron chi connectivity index (χ1n) is 7.00. The van der Waals surface area contributed by atoms with Gasteiger partial charge in [0.1, 0.15) is 5.82 Å². The second-order valence-electron chi connectivity index (χ2n) is 5.14. The number of benzene rings is 1. The van der Waals surface area contributed by atoms with Crippen LogP contribution in [0.15, 0.2) is 24.3 Å². The van der Waals surface area contributed by atoms with Gasteiger partial charge in [0.25, 0.3) is 0 Å². The molecule has 4 heteroatoms. The highest BCUT2D eigenvalue weighted by Crippen LogP contribution is 2.23. The van der Waals surface area contributed by atoms with E-state index in [4.69, 9.17) is 0 Å². The maximum atomic E-state index is 13.4. The summed E-state index contributed by atoms with van der Waals surface area (Å²) in [5.41, 5.74) is 4.43. The van der Waals surface area contributed by atoms with Gasteiger partial charge >= 0.3 is 0 Å². The predicted molar refractivity (Wildman–Crippen MR) is 79.2 cm³/mol. The molecule has 0 aliphatic rings. The standard InChI is InChI=1S/C16H22FN3/c1-5-18-16(13-7-6-8-14(17)9-13)10-15-11(2)19-20(4)12(15)3/h6-9,16,18H,5,10H2,1-4H3. The molecule has 0 saturated carbocycles. The summed E-state index contributed by atoms with van der Waals surface area (Å²) in [5.74, 6) is -0.190. The van der Waals surface area contributed by atoms with Crippen molar-refractivity contribution in [2.75, 3.05) is 6.54 Å². The smallest absolute Gasteiger partial charge is 0.123 e. The number of nitrogens with one attached hydrogen (secondary N) is 1. The third-order valence-electron chi connectivity index (χ3n) is 3.77. The van der Waals surface area contributed by atoms with E-state index in [1.807, 2.05) is 24.7 Å². The molecule has 0 fully saturated rings. The lowest BCUT2D eigenvalue weighted by atomic mass is 9.97. The van der Waals surface area contributed by atoms with E-state index in [2.05, 4.69) is 24.3 Å². The SMILES string of the molecule is CCNC(Cc1c(C)nn(C)c1C)c1cccc(F)c1. The summed E-state index contributed by atoms with van der Waals surface area (Å²) >= 11 is 0. The van der Waals surface area contributed by atoms with Crippen LogP contribution in [0, 0.1) is 19.7 Å². The minimum Gasteiger partial charge on any atom is -0.310 e. The number of nitrogens with zero attached hydrogens (tertiary/aromatic N) is 2. The summed E-state index contributed by atoms with van der Waals surface area (Å²) in [6.45, 7) is 7.01. The fraction of sp³-hybridized carbons (Fsp3) is 0.438. The fourth-order valence-electron chi connectivity index (χ4n) is 2.59. The average molecular weight is 275 g/mol. The van der Waals surface area contributed by atoms with Crippen molar-refractivity contribution in [3.05, 3.63) is 52.6 Å². The van der Waals surface area contributed by atoms with Gasteiger partial charge in [-0.1, -0.05) is 19.1 Å². The van der Waals surface area contributed by atoms with E-state index in [0.29, 0.717) is 0 Å². The summed E-state index contributed by atoms with van der Waals surface area (Å²) < 4.78 is 15.3. The average Bonchev–Trinajstić information content (AvgIpc) is 2.64. The van der Waals surface area contributed by atoms with Crippen molar-refractivity contribution in [3.8, 4) is 0 Å². The monoisotopic (exact) mass is 275 g/mol. The number of rotatable bonds is 5. The van der Waals surface area contributed by atoms with Crippen molar-refractivity contribution in [1.82, 2.24) is 15.1 Å². The minimum atomic E-state index is -0.190. The zero-order valence-electron chi connectivity index (χ0n) is 12.6. The van der Waals surface area contributed by atoms with Crippen LogP contribution in [0.3, 0.4) is 0 Å². The molecule has 0 spiro atoms. The molecule has 1 unspecified atom stereocenters. The van der Waals surface area contributed by atoms with E-state index in [-0.39, 0.29) is 11.9 Å². The molecule has 1 aromatic heterocycles. The molecule has 0 amide bonds. The van der Waals surface area contributed by atoms with Gasteiger partial charge in [0.15, 0.2) is 0 Å². The Bertz CT molecular complexity index is 589. The molecular formula is C16H22FN3. The van der Waals surface area contributed by atoms with Crippen molar-refractivity contribution in [2.24, 2.45) is 7.05 Å². The molecule has 0 aliphatic carbocycles. The number of hydrogen-bond donors (Lipinski definition) is 1. The number of likely N-dealkylation sites (N-methyl/N-ethyl adjacent to an activating group) is 1. The van der Waals surface area contributed by atoms with Crippen molar-refractivity contribution in [3.63, 3.8) is 0 Å². The second-order valence-corrected chi connectivity index (χ2v) is 5.14. The van der Waals surface area contributed by atoms with Gasteiger partial charge in [-0.3, -0.25) is 4.68 Å². The highest BCUT2D eigenvalue weighted by Gasteiger charge is 2.17. The van der Waals surface area contributed by atoms with E-state index in [1.165, 1.54) is 17.3 Å². The summed E-state index contributed by atoms with van der Waals surface area (Å²) in [5, 5.41) is 7.88. The Kier molecular flexibility index (Phi) is 4.55. The van der Waals surface area contributed by atoms with Crippen LogP contribution in [0.25, 0.3) is 0 Å². The van der Waals surface area contributed by atoms with E-state index in [0.717, 1.165) is 24.2 Å². The molecule has 0 aliphatic heterocycles. The number of hydrogen-bond acceptors (Lipinski definition) is 2. The van der Waals surface area contributed by atoms with Crippen LogP contribution in [0.1, 0.15) is 35.5 Å². The van der Waals surface area contributed by atoms with Crippen molar-refractivity contribution in [2.45, 2.75) is 33.2 Å². The van der Waals surface area contributed by atoms with Crippen molar-refractivity contribution in [1.29, 1.82) is 0 Å². The molecule has 3 nitrogen and oxygen atoms in total. The van der Waals surface area contributed by atoms with E-state index in [9.17, 15) is 4.39 Å². The number of halogens is 1. The van der Waals surface area contributed by atoms with Crippen molar-refractivity contribution >= 4 is 0 Å².